The number of aromatic nitrogens is 1. The van der Waals surface area contributed by atoms with E-state index in [1.165, 1.54) is 6.39 Å². The van der Waals surface area contributed by atoms with Crippen molar-refractivity contribution in [3.05, 3.63) is 47.7 Å². The van der Waals surface area contributed by atoms with Gasteiger partial charge in [-0.15, -0.1) is 0 Å². The summed E-state index contributed by atoms with van der Waals surface area (Å²) >= 11 is 0. The Kier molecular flexibility index (Phi) is 4.76. The van der Waals surface area contributed by atoms with Crippen molar-refractivity contribution >= 4 is 5.91 Å². The van der Waals surface area contributed by atoms with Gasteiger partial charge in [0.15, 0.2) is 6.39 Å². The van der Waals surface area contributed by atoms with Gasteiger partial charge in [0.25, 0.3) is 0 Å². The van der Waals surface area contributed by atoms with Crippen molar-refractivity contribution in [2.24, 2.45) is 0 Å². The van der Waals surface area contributed by atoms with Gasteiger partial charge in [-0.25, -0.2) is 4.98 Å². The van der Waals surface area contributed by atoms with E-state index >= 15 is 0 Å². The second-order valence-corrected chi connectivity index (χ2v) is 4.45. The maximum Gasteiger partial charge on any atom is 0.220 e. The third-order valence-electron chi connectivity index (χ3n) is 3.10. The standard InChI is InChI=1S/C15H18N2O3/c1-11-14(20-10-17-11)9-16-15(18)8-7-12-5-3-4-6-13(12)19-2/h3-6,10H,7-9H2,1-2H3,(H,16,18). The zero-order valence-electron chi connectivity index (χ0n) is 11.7. The molecule has 2 rings (SSSR count). The number of nitrogens with one attached hydrogen (secondary N) is 1. The lowest BCUT2D eigenvalue weighted by molar-refractivity contribution is -0.121. The molecule has 2 aromatic rings. The number of methoxy groups -OCH3 is 1. The van der Waals surface area contributed by atoms with Crippen LogP contribution in [-0.2, 0) is 17.8 Å². The van der Waals surface area contributed by atoms with Crippen molar-refractivity contribution in [1.82, 2.24) is 10.3 Å². The molecule has 1 N–H and O–H groups in total. The molecule has 0 saturated heterocycles. The van der Waals surface area contributed by atoms with Crippen LogP contribution in [0.15, 0.2) is 35.1 Å². The number of carbonyl (C=O) groups excluding carboxylic acids is 1. The highest BCUT2D eigenvalue weighted by Crippen LogP contribution is 2.18. The lowest BCUT2D eigenvalue weighted by Gasteiger charge is -2.08. The van der Waals surface area contributed by atoms with Gasteiger partial charge in [-0.1, -0.05) is 18.2 Å². The fourth-order valence-electron chi connectivity index (χ4n) is 1.92. The summed E-state index contributed by atoms with van der Waals surface area (Å²) in [5.41, 5.74) is 1.83. The third kappa shape index (κ3) is 3.60. The summed E-state index contributed by atoms with van der Waals surface area (Å²) in [5, 5.41) is 2.82. The molecule has 0 bridgehead atoms. The zero-order chi connectivity index (χ0) is 14.4. The summed E-state index contributed by atoms with van der Waals surface area (Å²) in [7, 11) is 1.63. The Morgan fingerprint density at radius 2 is 2.20 bits per heavy atom. The van der Waals surface area contributed by atoms with Crippen molar-refractivity contribution in [1.29, 1.82) is 0 Å². The molecule has 20 heavy (non-hydrogen) atoms. The number of aryl methyl sites for hydroxylation is 2. The molecule has 106 valence electrons. The molecular weight excluding hydrogens is 256 g/mol. The van der Waals surface area contributed by atoms with Crippen molar-refractivity contribution in [2.45, 2.75) is 26.3 Å². The van der Waals surface area contributed by atoms with Gasteiger partial charge in [-0.3, -0.25) is 4.79 Å². The van der Waals surface area contributed by atoms with E-state index in [1.54, 1.807) is 7.11 Å². The van der Waals surface area contributed by atoms with E-state index in [4.69, 9.17) is 9.15 Å². The Morgan fingerprint density at radius 3 is 2.90 bits per heavy atom. The molecule has 0 aliphatic carbocycles. The molecule has 5 nitrogen and oxygen atoms in total. The van der Waals surface area contributed by atoms with E-state index in [1.807, 2.05) is 31.2 Å². The Hall–Kier alpha value is -2.30. The number of para-hydroxylation sites is 1. The number of benzene rings is 1. The minimum absolute atomic E-state index is 0.0216. The molecule has 0 aliphatic heterocycles. The van der Waals surface area contributed by atoms with Crippen LogP contribution >= 0.6 is 0 Å². The minimum atomic E-state index is -0.0216. The molecule has 0 spiro atoms. The molecule has 0 aliphatic rings. The van der Waals surface area contributed by atoms with Gasteiger partial charge in [0, 0.05) is 6.42 Å². The molecule has 1 heterocycles. The highest BCUT2D eigenvalue weighted by Gasteiger charge is 2.08. The number of hydrogen-bond acceptors (Lipinski definition) is 4. The van der Waals surface area contributed by atoms with Gasteiger partial charge < -0.3 is 14.5 Å². The number of amides is 1. The Morgan fingerprint density at radius 1 is 1.40 bits per heavy atom. The minimum Gasteiger partial charge on any atom is -0.496 e. The smallest absolute Gasteiger partial charge is 0.220 e. The molecule has 0 saturated carbocycles. The Balaban J connectivity index is 1.82. The molecule has 0 unspecified atom stereocenters. The summed E-state index contributed by atoms with van der Waals surface area (Å²) in [6, 6.07) is 7.71. The van der Waals surface area contributed by atoms with E-state index in [0.29, 0.717) is 25.1 Å². The normalized spacial score (nSPS) is 10.3. The van der Waals surface area contributed by atoms with Crippen LogP contribution < -0.4 is 10.1 Å². The molecule has 0 atom stereocenters. The summed E-state index contributed by atoms with van der Waals surface area (Å²) < 4.78 is 10.4. The second kappa shape index (κ2) is 6.75. The van der Waals surface area contributed by atoms with Crippen molar-refractivity contribution in [2.75, 3.05) is 7.11 Å². The van der Waals surface area contributed by atoms with Gasteiger partial charge in [-0.05, 0) is 25.0 Å². The topological polar surface area (TPSA) is 64.4 Å². The summed E-state index contributed by atoms with van der Waals surface area (Å²) in [6.07, 6.45) is 2.43. The first-order valence-electron chi connectivity index (χ1n) is 6.48. The van der Waals surface area contributed by atoms with E-state index in [0.717, 1.165) is 17.0 Å². The van der Waals surface area contributed by atoms with Crippen LogP contribution in [0.25, 0.3) is 0 Å². The highest BCUT2D eigenvalue weighted by molar-refractivity contribution is 5.76. The van der Waals surface area contributed by atoms with Gasteiger partial charge in [0.2, 0.25) is 5.91 Å². The summed E-state index contributed by atoms with van der Waals surface area (Å²) in [5.74, 6) is 1.48. The highest BCUT2D eigenvalue weighted by atomic mass is 16.5. The van der Waals surface area contributed by atoms with E-state index < -0.39 is 0 Å². The quantitative estimate of drug-likeness (QED) is 0.877. The van der Waals surface area contributed by atoms with Crippen LogP contribution in [0.3, 0.4) is 0 Å². The lowest BCUT2D eigenvalue weighted by atomic mass is 10.1. The van der Waals surface area contributed by atoms with Gasteiger partial charge in [-0.2, -0.15) is 0 Å². The molecule has 5 heteroatoms. The largest absolute Gasteiger partial charge is 0.496 e. The number of hydrogen-bond donors (Lipinski definition) is 1. The maximum atomic E-state index is 11.8. The first-order valence-corrected chi connectivity index (χ1v) is 6.48. The number of nitrogens with zero attached hydrogens (tertiary/aromatic N) is 1. The number of rotatable bonds is 6. The molecule has 1 aromatic carbocycles. The first kappa shape index (κ1) is 14.1. The van der Waals surface area contributed by atoms with Crippen LogP contribution in [0.1, 0.15) is 23.4 Å². The van der Waals surface area contributed by atoms with Crippen molar-refractivity contribution < 1.29 is 13.9 Å². The monoisotopic (exact) mass is 274 g/mol. The van der Waals surface area contributed by atoms with E-state index in [-0.39, 0.29) is 5.91 Å². The van der Waals surface area contributed by atoms with Gasteiger partial charge >= 0.3 is 0 Å². The number of oxazole rings is 1. The van der Waals surface area contributed by atoms with Crippen LogP contribution in [0.2, 0.25) is 0 Å². The Bertz CT molecular complexity index is 578. The fourth-order valence-corrected chi connectivity index (χ4v) is 1.92. The average molecular weight is 274 g/mol. The van der Waals surface area contributed by atoms with Gasteiger partial charge in [0.1, 0.15) is 11.5 Å². The first-order chi connectivity index (χ1) is 9.70. The predicted molar refractivity (Wildman–Crippen MR) is 74.4 cm³/mol. The van der Waals surface area contributed by atoms with E-state index in [9.17, 15) is 4.79 Å². The zero-order valence-corrected chi connectivity index (χ0v) is 11.7. The summed E-state index contributed by atoms with van der Waals surface area (Å²) in [6.45, 7) is 2.22. The van der Waals surface area contributed by atoms with Gasteiger partial charge in [0.05, 0.1) is 19.3 Å². The number of carbonyl (C=O) groups is 1. The molecular formula is C15H18N2O3. The summed E-state index contributed by atoms with van der Waals surface area (Å²) in [4.78, 5) is 15.8. The molecule has 1 aromatic heterocycles. The lowest BCUT2D eigenvalue weighted by Crippen LogP contribution is -2.23. The predicted octanol–water partition coefficient (Wildman–Crippen LogP) is 2.24. The SMILES string of the molecule is COc1ccccc1CCC(=O)NCc1ocnc1C. The molecule has 0 fully saturated rings. The third-order valence-corrected chi connectivity index (χ3v) is 3.10. The maximum absolute atomic E-state index is 11.8. The fraction of sp³-hybridized carbons (Fsp3) is 0.333. The van der Waals surface area contributed by atoms with Crippen LogP contribution in [-0.4, -0.2) is 18.0 Å². The van der Waals surface area contributed by atoms with Crippen LogP contribution in [0.4, 0.5) is 0 Å². The second-order valence-electron chi connectivity index (χ2n) is 4.45. The van der Waals surface area contributed by atoms with Crippen molar-refractivity contribution in [3.63, 3.8) is 0 Å². The molecule has 1 amide bonds. The number of ether oxygens (including phenoxy) is 1. The van der Waals surface area contributed by atoms with Crippen LogP contribution in [0, 0.1) is 6.92 Å². The molecule has 0 radical (unpaired) electrons. The Labute approximate surface area is 118 Å². The van der Waals surface area contributed by atoms with Crippen molar-refractivity contribution in [3.8, 4) is 5.75 Å². The average Bonchev–Trinajstić information content (AvgIpc) is 2.88. The van der Waals surface area contributed by atoms with E-state index in [2.05, 4.69) is 10.3 Å². The van der Waals surface area contributed by atoms with Crippen LogP contribution in [0.5, 0.6) is 5.75 Å².